The summed E-state index contributed by atoms with van der Waals surface area (Å²) in [6, 6.07) is 4.91. The number of thioether (sulfide) groups is 1. The zero-order valence-electron chi connectivity index (χ0n) is 11.5. The molecule has 1 aromatic heterocycles. The molecule has 98 valence electrons. The van der Waals surface area contributed by atoms with E-state index in [2.05, 4.69) is 49.9 Å². The van der Waals surface area contributed by atoms with Crippen LogP contribution in [0.2, 0.25) is 0 Å². The van der Waals surface area contributed by atoms with Crippen LogP contribution in [0, 0.1) is 0 Å². The molecule has 0 radical (unpaired) electrons. The number of thiophene rings is 1. The van der Waals surface area contributed by atoms with Gasteiger partial charge in [-0.1, -0.05) is 26.8 Å². The molecule has 0 fully saturated rings. The van der Waals surface area contributed by atoms with Crippen molar-refractivity contribution in [3.05, 3.63) is 22.4 Å². The monoisotopic (exact) mass is 271 g/mol. The standard InChI is InChI=1S/C14H25NS2/c1-5-12(13-9-8-10-17-13)15-11-14(6-2,7-3)16-4/h8-10,12,15H,5-7,11H2,1-4H3. The molecule has 0 spiro atoms. The molecule has 1 nitrogen and oxygen atoms in total. The van der Waals surface area contributed by atoms with Crippen LogP contribution in [0.1, 0.15) is 51.0 Å². The molecule has 0 aliphatic carbocycles. The van der Waals surface area contributed by atoms with E-state index in [4.69, 9.17) is 0 Å². The van der Waals surface area contributed by atoms with E-state index in [9.17, 15) is 0 Å². The minimum absolute atomic E-state index is 0.407. The predicted molar refractivity (Wildman–Crippen MR) is 82.2 cm³/mol. The van der Waals surface area contributed by atoms with Gasteiger partial charge in [0, 0.05) is 22.2 Å². The second kappa shape index (κ2) is 7.45. The van der Waals surface area contributed by atoms with Crippen LogP contribution in [-0.2, 0) is 0 Å². The van der Waals surface area contributed by atoms with Gasteiger partial charge in [0.15, 0.2) is 0 Å². The highest BCUT2D eigenvalue weighted by atomic mass is 32.2. The fraction of sp³-hybridized carbons (Fsp3) is 0.714. The molecule has 0 aliphatic rings. The zero-order valence-corrected chi connectivity index (χ0v) is 13.1. The summed E-state index contributed by atoms with van der Waals surface area (Å²) in [5, 5.41) is 5.92. The lowest BCUT2D eigenvalue weighted by Gasteiger charge is -2.32. The average Bonchev–Trinajstić information content (AvgIpc) is 2.89. The van der Waals surface area contributed by atoms with Gasteiger partial charge in [0.2, 0.25) is 0 Å². The third-order valence-corrected chi connectivity index (χ3v) is 6.26. The van der Waals surface area contributed by atoms with Crippen molar-refractivity contribution in [1.29, 1.82) is 0 Å². The Morgan fingerprint density at radius 1 is 1.35 bits per heavy atom. The maximum absolute atomic E-state index is 3.76. The summed E-state index contributed by atoms with van der Waals surface area (Å²) < 4.78 is 0.407. The van der Waals surface area contributed by atoms with Crippen LogP contribution < -0.4 is 5.32 Å². The first-order chi connectivity index (χ1) is 8.21. The van der Waals surface area contributed by atoms with Gasteiger partial charge >= 0.3 is 0 Å². The molecule has 1 aromatic rings. The molecule has 1 unspecified atom stereocenters. The average molecular weight is 271 g/mol. The van der Waals surface area contributed by atoms with E-state index in [0.717, 1.165) is 6.54 Å². The molecule has 0 aromatic carbocycles. The molecule has 1 atom stereocenters. The van der Waals surface area contributed by atoms with Crippen LogP contribution in [0.15, 0.2) is 17.5 Å². The van der Waals surface area contributed by atoms with Gasteiger partial charge in [-0.2, -0.15) is 11.8 Å². The highest BCUT2D eigenvalue weighted by Crippen LogP contribution is 2.31. The maximum Gasteiger partial charge on any atom is 0.0412 e. The molecule has 0 aliphatic heterocycles. The Balaban J connectivity index is 2.58. The van der Waals surface area contributed by atoms with Crippen molar-refractivity contribution >= 4 is 23.1 Å². The minimum Gasteiger partial charge on any atom is -0.308 e. The number of hydrogen-bond donors (Lipinski definition) is 1. The largest absolute Gasteiger partial charge is 0.308 e. The van der Waals surface area contributed by atoms with Crippen LogP contribution in [-0.4, -0.2) is 17.5 Å². The van der Waals surface area contributed by atoms with Gasteiger partial charge in [-0.05, 0) is 37.0 Å². The molecule has 0 bridgehead atoms. The van der Waals surface area contributed by atoms with Gasteiger partial charge in [-0.25, -0.2) is 0 Å². The lowest BCUT2D eigenvalue weighted by Crippen LogP contribution is -2.38. The minimum atomic E-state index is 0.407. The molecule has 1 rings (SSSR count). The number of hydrogen-bond acceptors (Lipinski definition) is 3. The summed E-state index contributed by atoms with van der Waals surface area (Å²) in [6.45, 7) is 7.97. The smallest absolute Gasteiger partial charge is 0.0412 e. The number of rotatable bonds is 8. The Kier molecular flexibility index (Phi) is 6.60. The molecule has 1 heterocycles. The summed E-state index contributed by atoms with van der Waals surface area (Å²) in [5.74, 6) is 0. The van der Waals surface area contributed by atoms with Crippen molar-refractivity contribution in [3.8, 4) is 0 Å². The fourth-order valence-corrected chi connectivity index (χ4v) is 3.80. The summed E-state index contributed by atoms with van der Waals surface area (Å²) in [4.78, 5) is 1.47. The molecule has 0 amide bonds. The van der Waals surface area contributed by atoms with Crippen LogP contribution in [0.4, 0.5) is 0 Å². The molecule has 0 saturated carbocycles. The first-order valence-corrected chi connectivity index (χ1v) is 8.63. The molecular formula is C14H25NS2. The Labute approximate surface area is 114 Å². The van der Waals surface area contributed by atoms with Crippen LogP contribution in [0.3, 0.4) is 0 Å². The van der Waals surface area contributed by atoms with Crippen molar-refractivity contribution in [2.75, 3.05) is 12.8 Å². The van der Waals surface area contributed by atoms with Crippen molar-refractivity contribution in [2.24, 2.45) is 0 Å². The Bertz CT molecular complexity index is 283. The molecule has 0 saturated heterocycles. The van der Waals surface area contributed by atoms with E-state index < -0.39 is 0 Å². The summed E-state index contributed by atoms with van der Waals surface area (Å²) in [7, 11) is 0. The first kappa shape index (κ1) is 15.1. The van der Waals surface area contributed by atoms with Gasteiger partial charge < -0.3 is 5.32 Å². The normalized spacial score (nSPS) is 13.9. The Morgan fingerprint density at radius 2 is 2.06 bits per heavy atom. The third kappa shape index (κ3) is 4.01. The fourth-order valence-electron chi connectivity index (χ4n) is 2.11. The van der Waals surface area contributed by atoms with Gasteiger partial charge in [0.05, 0.1) is 0 Å². The Hall–Kier alpha value is 0.01000. The second-order valence-corrected chi connectivity index (χ2v) is 6.70. The van der Waals surface area contributed by atoms with Crippen molar-refractivity contribution in [3.63, 3.8) is 0 Å². The van der Waals surface area contributed by atoms with Crippen LogP contribution in [0.5, 0.6) is 0 Å². The van der Waals surface area contributed by atoms with Gasteiger partial charge in [-0.3, -0.25) is 0 Å². The van der Waals surface area contributed by atoms with E-state index in [1.54, 1.807) is 0 Å². The van der Waals surface area contributed by atoms with Gasteiger partial charge in [-0.15, -0.1) is 11.3 Å². The van der Waals surface area contributed by atoms with E-state index >= 15 is 0 Å². The molecule has 1 N–H and O–H groups in total. The highest BCUT2D eigenvalue weighted by molar-refractivity contribution is 8.00. The molecular weight excluding hydrogens is 246 g/mol. The maximum atomic E-state index is 3.76. The Morgan fingerprint density at radius 3 is 2.47 bits per heavy atom. The summed E-state index contributed by atoms with van der Waals surface area (Å²) in [5.41, 5.74) is 0. The van der Waals surface area contributed by atoms with Crippen molar-refractivity contribution in [1.82, 2.24) is 5.32 Å². The lowest BCUT2D eigenvalue weighted by atomic mass is 10.0. The van der Waals surface area contributed by atoms with Crippen LogP contribution in [0.25, 0.3) is 0 Å². The van der Waals surface area contributed by atoms with Crippen molar-refractivity contribution in [2.45, 2.75) is 50.8 Å². The topological polar surface area (TPSA) is 12.0 Å². The molecule has 17 heavy (non-hydrogen) atoms. The van der Waals surface area contributed by atoms with E-state index in [1.165, 1.54) is 24.1 Å². The SMILES string of the molecule is CCC(NCC(CC)(CC)SC)c1cccs1. The molecule has 3 heteroatoms. The second-order valence-electron chi connectivity index (χ2n) is 4.45. The van der Waals surface area contributed by atoms with Crippen LogP contribution >= 0.6 is 23.1 Å². The third-order valence-electron chi connectivity index (χ3n) is 3.69. The predicted octanol–water partition coefficient (Wildman–Crippen LogP) is 4.71. The summed E-state index contributed by atoms with van der Waals surface area (Å²) in [6.07, 6.45) is 5.87. The summed E-state index contributed by atoms with van der Waals surface area (Å²) >= 11 is 3.87. The van der Waals surface area contributed by atoms with Gasteiger partial charge in [0.1, 0.15) is 0 Å². The van der Waals surface area contributed by atoms with E-state index in [0.29, 0.717) is 10.8 Å². The van der Waals surface area contributed by atoms with Gasteiger partial charge in [0.25, 0.3) is 0 Å². The van der Waals surface area contributed by atoms with E-state index in [1.807, 2.05) is 23.1 Å². The zero-order chi connectivity index (χ0) is 12.7. The number of nitrogens with one attached hydrogen (secondary N) is 1. The quantitative estimate of drug-likeness (QED) is 0.735. The lowest BCUT2D eigenvalue weighted by molar-refractivity contribution is 0.441. The first-order valence-electron chi connectivity index (χ1n) is 6.53. The van der Waals surface area contributed by atoms with Crippen molar-refractivity contribution < 1.29 is 0 Å². The highest BCUT2D eigenvalue weighted by Gasteiger charge is 2.25. The van der Waals surface area contributed by atoms with E-state index in [-0.39, 0.29) is 0 Å².